The largest absolute Gasteiger partial charge is 0.375 e. The van der Waals surface area contributed by atoms with Gasteiger partial charge in [-0.1, -0.05) is 30.3 Å². The number of thiophene rings is 1. The third-order valence-electron chi connectivity index (χ3n) is 4.89. The van der Waals surface area contributed by atoms with E-state index < -0.39 is 0 Å². The normalized spacial score (nSPS) is 17.2. The zero-order valence-corrected chi connectivity index (χ0v) is 16.4. The first-order valence-corrected chi connectivity index (χ1v) is 10.2. The Morgan fingerprint density at radius 1 is 1.07 bits per heavy atom. The van der Waals surface area contributed by atoms with E-state index in [9.17, 15) is 0 Å². The van der Waals surface area contributed by atoms with Gasteiger partial charge in [0.2, 0.25) is 0 Å². The van der Waals surface area contributed by atoms with Crippen molar-refractivity contribution in [3.05, 3.63) is 60.9 Å². The predicted molar refractivity (Wildman–Crippen MR) is 114 cm³/mol. The molecule has 0 spiro atoms. The highest BCUT2D eigenvalue weighted by Crippen LogP contribution is 2.38. The highest BCUT2D eigenvalue weighted by molar-refractivity contribution is 7.22. The number of benzene rings is 1. The van der Waals surface area contributed by atoms with Crippen molar-refractivity contribution in [1.29, 1.82) is 0 Å². The summed E-state index contributed by atoms with van der Waals surface area (Å²) in [5.41, 5.74) is 2.14. The van der Waals surface area contributed by atoms with Crippen LogP contribution in [0.15, 0.2) is 60.9 Å². The molecule has 5 rings (SSSR count). The Bertz CT molecular complexity index is 1100. The molecule has 3 aromatic heterocycles. The van der Waals surface area contributed by atoms with Gasteiger partial charge in [0.05, 0.1) is 18.1 Å². The van der Waals surface area contributed by atoms with Crippen molar-refractivity contribution in [2.45, 2.75) is 13.0 Å². The van der Waals surface area contributed by atoms with E-state index in [0.29, 0.717) is 6.61 Å². The van der Waals surface area contributed by atoms with Crippen LogP contribution in [-0.2, 0) is 4.74 Å². The first kappa shape index (κ1) is 17.3. The summed E-state index contributed by atoms with van der Waals surface area (Å²) < 4.78 is 5.74. The third kappa shape index (κ3) is 3.25. The number of hydrogen-bond donors (Lipinski definition) is 0. The van der Waals surface area contributed by atoms with Crippen LogP contribution in [0, 0.1) is 0 Å². The quantitative estimate of drug-likeness (QED) is 0.511. The molecule has 1 saturated heterocycles. The van der Waals surface area contributed by atoms with Gasteiger partial charge in [0.25, 0.3) is 0 Å². The lowest BCUT2D eigenvalue weighted by atomic mass is 10.1. The average molecular weight is 388 g/mol. The number of pyridine rings is 1. The van der Waals surface area contributed by atoms with Gasteiger partial charge in [-0.25, -0.2) is 9.97 Å². The molecule has 1 aliphatic heterocycles. The fourth-order valence-corrected chi connectivity index (χ4v) is 4.56. The minimum atomic E-state index is 0.188. The maximum Gasteiger partial charge on any atom is 0.164 e. The van der Waals surface area contributed by atoms with Gasteiger partial charge in [-0.3, -0.25) is 4.98 Å². The fourth-order valence-electron chi connectivity index (χ4n) is 3.53. The van der Waals surface area contributed by atoms with Crippen molar-refractivity contribution in [1.82, 2.24) is 15.0 Å². The second-order valence-electron chi connectivity index (χ2n) is 6.94. The minimum Gasteiger partial charge on any atom is -0.375 e. The molecule has 0 saturated carbocycles. The van der Waals surface area contributed by atoms with E-state index in [4.69, 9.17) is 14.7 Å². The number of morpholine rings is 1. The Morgan fingerprint density at radius 3 is 2.71 bits per heavy atom. The van der Waals surface area contributed by atoms with Crippen molar-refractivity contribution < 1.29 is 4.74 Å². The maximum absolute atomic E-state index is 5.74. The summed E-state index contributed by atoms with van der Waals surface area (Å²) in [6, 6.07) is 16.6. The molecular formula is C22H20N4OS. The monoisotopic (exact) mass is 388 g/mol. The van der Waals surface area contributed by atoms with Crippen LogP contribution in [0.5, 0.6) is 0 Å². The van der Waals surface area contributed by atoms with Gasteiger partial charge < -0.3 is 9.64 Å². The summed E-state index contributed by atoms with van der Waals surface area (Å²) in [5, 5.41) is 1.10. The molecule has 0 aliphatic carbocycles. The van der Waals surface area contributed by atoms with Crippen LogP contribution >= 0.6 is 11.3 Å². The Hall–Kier alpha value is -2.83. The molecule has 1 aromatic carbocycles. The molecule has 0 amide bonds. The Labute approximate surface area is 167 Å². The summed E-state index contributed by atoms with van der Waals surface area (Å²) in [6.45, 7) is 4.48. The van der Waals surface area contributed by atoms with Gasteiger partial charge in [0, 0.05) is 35.9 Å². The number of rotatable bonds is 3. The lowest BCUT2D eigenvalue weighted by Crippen LogP contribution is -2.41. The van der Waals surface area contributed by atoms with E-state index >= 15 is 0 Å². The van der Waals surface area contributed by atoms with E-state index in [0.717, 1.165) is 40.5 Å². The Morgan fingerprint density at radius 2 is 1.93 bits per heavy atom. The lowest BCUT2D eigenvalue weighted by molar-refractivity contribution is 0.0530. The molecule has 0 N–H and O–H groups in total. The SMILES string of the molecule is C[C@@H]1CN(c2nc(-c3cccnc3)nc3sc(-c4ccccc4)cc23)CCO1. The van der Waals surface area contributed by atoms with Crippen LogP contribution in [0.3, 0.4) is 0 Å². The lowest BCUT2D eigenvalue weighted by Gasteiger charge is -2.32. The topological polar surface area (TPSA) is 51.1 Å². The van der Waals surface area contributed by atoms with Crippen LogP contribution in [-0.4, -0.2) is 40.8 Å². The smallest absolute Gasteiger partial charge is 0.164 e. The Balaban J connectivity index is 1.69. The van der Waals surface area contributed by atoms with Crippen LogP contribution in [0.4, 0.5) is 5.82 Å². The molecule has 1 fully saturated rings. The summed E-state index contributed by atoms with van der Waals surface area (Å²) in [5.74, 6) is 1.70. The van der Waals surface area contributed by atoms with E-state index in [1.807, 2.05) is 24.4 Å². The zero-order valence-electron chi connectivity index (χ0n) is 15.6. The number of hydrogen-bond acceptors (Lipinski definition) is 6. The molecular weight excluding hydrogens is 368 g/mol. The second-order valence-corrected chi connectivity index (χ2v) is 7.97. The van der Waals surface area contributed by atoms with Crippen LogP contribution < -0.4 is 4.90 Å². The number of nitrogens with zero attached hydrogens (tertiary/aromatic N) is 4. The molecule has 0 bridgehead atoms. The van der Waals surface area contributed by atoms with Gasteiger partial charge >= 0.3 is 0 Å². The molecule has 140 valence electrons. The Kier molecular flexibility index (Phi) is 4.50. The van der Waals surface area contributed by atoms with E-state index in [2.05, 4.69) is 47.1 Å². The molecule has 4 heterocycles. The highest BCUT2D eigenvalue weighted by atomic mass is 32.1. The number of anilines is 1. The molecule has 0 unspecified atom stereocenters. The molecule has 4 aromatic rings. The molecule has 5 nitrogen and oxygen atoms in total. The zero-order chi connectivity index (χ0) is 18.9. The molecule has 0 radical (unpaired) electrons. The highest BCUT2D eigenvalue weighted by Gasteiger charge is 2.23. The van der Waals surface area contributed by atoms with Gasteiger partial charge in [0.15, 0.2) is 5.82 Å². The third-order valence-corrected chi connectivity index (χ3v) is 5.97. The maximum atomic E-state index is 5.74. The summed E-state index contributed by atoms with van der Waals surface area (Å²) in [6.07, 6.45) is 3.77. The molecule has 1 atom stereocenters. The van der Waals surface area contributed by atoms with Crippen molar-refractivity contribution in [2.75, 3.05) is 24.6 Å². The van der Waals surface area contributed by atoms with Gasteiger partial charge in [-0.05, 0) is 30.7 Å². The average Bonchev–Trinajstić information content (AvgIpc) is 3.18. The van der Waals surface area contributed by atoms with Gasteiger partial charge in [-0.15, -0.1) is 11.3 Å². The van der Waals surface area contributed by atoms with Crippen LogP contribution in [0.25, 0.3) is 32.0 Å². The van der Waals surface area contributed by atoms with Gasteiger partial charge in [0.1, 0.15) is 10.6 Å². The van der Waals surface area contributed by atoms with Crippen molar-refractivity contribution in [3.63, 3.8) is 0 Å². The van der Waals surface area contributed by atoms with Crippen LogP contribution in [0.2, 0.25) is 0 Å². The second kappa shape index (κ2) is 7.30. The molecule has 1 aliphatic rings. The predicted octanol–water partition coefficient (Wildman–Crippen LogP) is 4.65. The van der Waals surface area contributed by atoms with Gasteiger partial charge in [-0.2, -0.15) is 0 Å². The summed E-state index contributed by atoms with van der Waals surface area (Å²) in [7, 11) is 0. The summed E-state index contributed by atoms with van der Waals surface area (Å²) >= 11 is 1.71. The fraction of sp³-hybridized carbons (Fsp3) is 0.227. The van der Waals surface area contributed by atoms with E-state index in [1.165, 1.54) is 10.4 Å². The number of aromatic nitrogens is 3. The van der Waals surface area contributed by atoms with E-state index in [1.54, 1.807) is 17.5 Å². The standard InChI is InChI=1S/C22H20N4OS/c1-15-14-26(10-11-27-15)21-18-12-19(16-6-3-2-4-7-16)28-22(18)25-20(24-21)17-8-5-9-23-13-17/h2-9,12-13,15H,10-11,14H2,1H3/t15-/m1/s1. The van der Waals surface area contributed by atoms with Crippen LogP contribution in [0.1, 0.15) is 6.92 Å². The molecule has 28 heavy (non-hydrogen) atoms. The first-order chi connectivity index (χ1) is 13.8. The minimum absolute atomic E-state index is 0.188. The summed E-state index contributed by atoms with van der Waals surface area (Å²) in [4.78, 5) is 18.6. The molecule has 6 heteroatoms. The first-order valence-electron chi connectivity index (χ1n) is 9.42. The van der Waals surface area contributed by atoms with E-state index in [-0.39, 0.29) is 6.10 Å². The van der Waals surface area contributed by atoms with Crippen molar-refractivity contribution in [2.24, 2.45) is 0 Å². The van der Waals surface area contributed by atoms with Crippen molar-refractivity contribution >= 4 is 27.4 Å². The number of fused-ring (bicyclic) bond motifs is 1. The van der Waals surface area contributed by atoms with Crippen molar-refractivity contribution in [3.8, 4) is 21.8 Å². The number of ether oxygens (including phenoxy) is 1.